The quantitative estimate of drug-likeness (QED) is 0.0243. The molecule has 4 aliphatic heterocycles. The van der Waals surface area contributed by atoms with Crippen LogP contribution in [0.4, 0.5) is 0 Å². The van der Waals surface area contributed by atoms with Crippen molar-refractivity contribution in [3.05, 3.63) is 36.5 Å². The predicted octanol–water partition coefficient (Wildman–Crippen LogP) is -7.45. The van der Waals surface area contributed by atoms with Crippen molar-refractivity contribution in [1.29, 1.82) is 0 Å². The number of hydroxylamine groups is 2. The maximum atomic E-state index is 12.7. The third-order valence-electron chi connectivity index (χ3n) is 14.3. The molecule has 9 N–H and O–H groups in total. The summed E-state index contributed by atoms with van der Waals surface area (Å²) in [5.41, 5.74) is 8.95. The van der Waals surface area contributed by atoms with Gasteiger partial charge < -0.3 is 97.3 Å². The number of ether oxygens (including phenoxy) is 8. The van der Waals surface area contributed by atoms with Gasteiger partial charge in [-0.05, 0) is 19.3 Å². The zero-order valence-electron chi connectivity index (χ0n) is 59.1. The van der Waals surface area contributed by atoms with Crippen molar-refractivity contribution in [2.45, 2.75) is 89.9 Å². The fourth-order valence-corrected chi connectivity index (χ4v) is 9.00. The second kappa shape index (κ2) is 59.4. The first-order valence-corrected chi connectivity index (χ1v) is 33.7. The number of nitrogens with zero attached hydrogens (tertiary/aromatic N) is 6. The van der Waals surface area contributed by atoms with E-state index in [-0.39, 0.29) is 256 Å². The Hall–Kier alpha value is -8.74. The van der Waals surface area contributed by atoms with E-state index < -0.39 is 90.9 Å². The van der Waals surface area contributed by atoms with Crippen LogP contribution in [0.2, 0.25) is 0 Å². The second-order valence-corrected chi connectivity index (χ2v) is 22.5. The Morgan fingerprint density at radius 1 is 0.415 bits per heavy atom. The van der Waals surface area contributed by atoms with Gasteiger partial charge in [-0.15, -0.1) is 17.5 Å². The topological polar surface area (TPSA) is 528 Å². The number of ketones is 3. The van der Waals surface area contributed by atoms with Crippen molar-refractivity contribution in [1.82, 2.24) is 40.2 Å². The van der Waals surface area contributed by atoms with Gasteiger partial charge in [0.05, 0.1) is 92.2 Å². The smallest absolute Gasteiger partial charge is 0.335 e. The molecule has 12 amide bonds. The van der Waals surface area contributed by atoms with Crippen LogP contribution in [0.3, 0.4) is 0 Å². The van der Waals surface area contributed by atoms with Crippen LogP contribution in [-0.4, -0.2) is 324 Å². The van der Waals surface area contributed by atoms with E-state index in [1.165, 1.54) is 22.0 Å². The van der Waals surface area contributed by atoms with Crippen LogP contribution >= 0.6 is 12.4 Å². The van der Waals surface area contributed by atoms with Crippen molar-refractivity contribution < 1.29 is 157 Å². The number of carbonyl (C=O) groups excluding carboxylic acids is 16. The molecule has 0 aromatic heterocycles. The van der Waals surface area contributed by atoms with Crippen molar-refractivity contribution in [3.63, 3.8) is 0 Å². The molecule has 0 atom stereocenters. The third kappa shape index (κ3) is 45.6. The van der Waals surface area contributed by atoms with Crippen LogP contribution in [0, 0.1) is 0 Å². The molecule has 106 heavy (non-hydrogen) atoms. The van der Waals surface area contributed by atoms with Gasteiger partial charge in [0.25, 0.3) is 47.3 Å². The molecule has 4 heterocycles. The van der Waals surface area contributed by atoms with Gasteiger partial charge >= 0.3 is 17.9 Å². The number of amides is 12. The Morgan fingerprint density at radius 3 is 1.13 bits per heavy atom. The number of rotatable bonds is 58. The van der Waals surface area contributed by atoms with E-state index in [2.05, 4.69) is 21.1 Å². The van der Waals surface area contributed by atoms with Crippen LogP contribution in [-0.2, 0) is 129 Å². The monoisotopic (exact) mass is 1550 g/mol. The first-order valence-electron chi connectivity index (χ1n) is 33.7. The van der Waals surface area contributed by atoms with E-state index in [1.807, 2.05) is 0 Å². The number of nitrogens with two attached hydrogens (primary N) is 1. The van der Waals surface area contributed by atoms with Gasteiger partial charge in [-0.3, -0.25) is 86.6 Å². The fraction of sp³-hybridized carbons (Fsp3) is 0.631. The zero-order valence-corrected chi connectivity index (χ0v) is 60.7. The number of carbonyl (C=O) groups is 18. The molecule has 0 aromatic rings. The van der Waals surface area contributed by atoms with Crippen LogP contribution in [0.1, 0.15) is 89.9 Å². The molecule has 4 aliphatic rings. The van der Waals surface area contributed by atoms with E-state index in [0.29, 0.717) is 57.1 Å². The summed E-state index contributed by atoms with van der Waals surface area (Å²) in [5.74, 6) is -8.28. The summed E-state index contributed by atoms with van der Waals surface area (Å²) in [4.78, 5) is 219. The van der Waals surface area contributed by atoms with E-state index in [0.717, 1.165) is 39.0 Å². The van der Waals surface area contributed by atoms with Crippen molar-refractivity contribution in [2.75, 3.05) is 178 Å². The van der Waals surface area contributed by atoms with Gasteiger partial charge in [-0.1, -0.05) is 0 Å². The Morgan fingerprint density at radius 2 is 0.755 bits per heavy atom. The molecule has 0 spiro atoms. The lowest BCUT2D eigenvalue weighted by Gasteiger charge is -2.22. The SMILES string of the molecule is Cl.NCCN(CC[NH3+])C(=O)COCC(=O)O.O=C(CCCOCCOCCC(=O)ON1C(=O)CCC1=O)CCN1C(=O)C=CC1=O.O=C(O)COCC(=O)N(CCCC(=O)CCOCCOCCNC(=O)CCN1C(=O)C=CC1=O)CCCC(=O)CCOCCOCCNC(=O)CCN1C(=O)C=CC1=O.[Cl-]. The highest BCUT2D eigenvalue weighted by molar-refractivity contribution is 6.14. The second-order valence-electron chi connectivity index (χ2n) is 22.5. The van der Waals surface area contributed by atoms with E-state index in [4.69, 9.17) is 53.9 Å². The number of quaternary nitrogens is 1. The molecule has 596 valence electrons. The molecule has 0 bridgehead atoms. The molecule has 1 fully saturated rings. The molecule has 0 radical (unpaired) electrons. The minimum absolute atomic E-state index is 0. The van der Waals surface area contributed by atoms with Gasteiger partial charge in [0, 0.05) is 166 Å². The van der Waals surface area contributed by atoms with Crippen molar-refractivity contribution in [3.8, 4) is 0 Å². The van der Waals surface area contributed by atoms with Crippen LogP contribution in [0.5, 0.6) is 0 Å². The summed E-state index contributed by atoms with van der Waals surface area (Å²) < 4.78 is 41.8. The number of halogens is 2. The minimum atomic E-state index is -1.22. The Balaban J connectivity index is 0.00000193. The molecule has 41 heteroatoms. The fourth-order valence-electron chi connectivity index (χ4n) is 9.00. The van der Waals surface area contributed by atoms with Gasteiger partial charge in [0.15, 0.2) is 0 Å². The highest BCUT2D eigenvalue weighted by atomic mass is 35.5. The maximum Gasteiger partial charge on any atom is 0.335 e. The molecule has 0 saturated carbocycles. The zero-order chi connectivity index (χ0) is 76.9. The summed E-state index contributed by atoms with van der Waals surface area (Å²) in [6, 6.07) is 0. The summed E-state index contributed by atoms with van der Waals surface area (Å²) in [6.45, 7) is 3.66. The minimum Gasteiger partial charge on any atom is -1.00 e. The lowest BCUT2D eigenvalue weighted by molar-refractivity contribution is -0.368. The first kappa shape index (κ1) is 97.3. The van der Waals surface area contributed by atoms with Crippen molar-refractivity contribution in [2.24, 2.45) is 5.73 Å². The number of aliphatic carboxylic acids is 2. The average molecular weight is 1550 g/mol. The summed E-state index contributed by atoms with van der Waals surface area (Å²) in [7, 11) is 0. The van der Waals surface area contributed by atoms with Gasteiger partial charge in [-0.2, -0.15) is 0 Å². The molecule has 0 aliphatic carbocycles. The predicted molar refractivity (Wildman–Crippen MR) is 360 cm³/mol. The first-order chi connectivity index (χ1) is 49.9. The normalized spacial score (nSPS) is 13.5. The number of carboxylic acids is 2. The lowest BCUT2D eigenvalue weighted by Crippen LogP contribution is -3.00. The number of Topliss-reactive ketones (excluding diaryl/α,β-unsaturated/α-hetero) is 3. The molecule has 0 unspecified atom stereocenters. The number of nitrogens with one attached hydrogen (secondary N) is 2. The standard InChI is InChI=1S/C38H55N5O16.C19H24N2O9.C8H17N3O4.2ClH/c44-29(11-19-55-23-25-57-21-13-39-31(46)9-17-42-33(48)5-6-34(42)49)3-1-15-41(37(52)27-59-28-38(53)54)16-2-4-30(45)12-20-56-24-26-58-22-14-40-32(47)10-18-43-35(50)7-8-36(43)51;22-14(7-9-20-15(23)3-4-16(20)24)2-1-10-28-12-13-29-11-8-19(27)30-21-17(25)5-6-18(21)26;9-1-3-11(4-2-10)7(12)5-15-6-8(13)14;;/h5-8H,1-4,9-28H2,(H,39,46)(H,40,47)(H,53,54);3-4H,1-2,5-13H2;1-6,9-10H2,(H,13,14);2*1H. The van der Waals surface area contributed by atoms with Gasteiger partial charge in [-0.25, -0.2) is 14.4 Å². The largest absolute Gasteiger partial charge is 1.00 e. The number of hydrogen-bond acceptors (Lipinski definition) is 28. The van der Waals surface area contributed by atoms with Crippen molar-refractivity contribution >= 4 is 119 Å². The Bertz CT molecular complexity index is 2820. The van der Waals surface area contributed by atoms with E-state index in [9.17, 15) is 86.3 Å². The average Bonchev–Trinajstić information content (AvgIpc) is 1.73. The molecule has 1 saturated heterocycles. The number of hydrogen-bond donors (Lipinski definition) is 6. The molecular weight excluding hydrogens is 1460 g/mol. The third-order valence-corrected chi connectivity index (χ3v) is 14.3. The maximum absolute atomic E-state index is 12.7. The number of imide groups is 4. The highest BCUT2D eigenvalue weighted by Crippen LogP contribution is 2.13. The highest BCUT2D eigenvalue weighted by Gasteiger charge is 2.33. The van der Waals surface area contributed by atoms with Crippen LogP contribution in [0.25, 0.3) is 0 Å². The lowest BCUT2D eigenvalue weighted by atomic mass is 10.1. The molecule has 4 rings (SSSR count). The van der Waals surface area contributed by atoms with Gasteiger partial charge in [0.2, 0.25) is 23.6 Å². The summed E-state index contributed by atoms with van der Waals surface area (Å²) in [6.07, 6.45) is 9.16. The van der Waals surface area contributed by atoms with Crippen LogP contribution in [0.15, 0.2) is 36.5 Å². The molecular formula is C65H98Cl2N10O29. The number of carboxylic acid groups (broad SMARTS) is 2. The van der Waals surface area contributed by atoms with Gasteiger partial charge in [0.1, 0.15) is 43.8 Å². The van der Waals surface area contributed by atoms with E-state index in [1.54, 1.807) is 0 Å². The molecule has 39 nitrogen and oxygen atoms in total. The van der Waals surface area contributed by atoms with E-state index >= 15 is 0 Å². The Labute approximate surface area is 623 Å². The summed E-state index contributed by atoms with van der Waals surface area (Å²) >= 11 is 0. The molecule has 0 aromatic carbocycles. The summed E-state index contributed by atoms with van der Waals surface area (Å²) in [5, 5.41) is 22.8. The van der Waals surface area contributed by atoms with Crippen LogP contribution < -0.4 is 34.5 Å². The Kier molecular flexibility index (Phi) is 54.5.